The second kappa shape index (κ2) is 8.22. The standard InChI is InChI=1S/C21H27N3O4/c1-15-6-7-18(19(10-15)26-2)27-14-20-22-17(13-28-20)21(25)24-11-16(12-24)23-8-4-3-5-9-23/h6-7,10,13,16H,3-5,8-9,11-12,14H2,1-2H3. The number of ether oxygens (including phenoxy) is 2. The minimum absolute atomic E-state index is 0.0730. The first-order chi connectivity index (χ1) is 13.6. The largest absolute Gasteiger partial charge is 0.493 e. The maximum atomic E-state index is 12.6. The molecule has 1 aromatic carbocycles. The highest BCUT2D eigenvalue weighted by Crippen LogP contribution is 2.28. The van der Waals surface area contributed by atoms with Crippen molar-refractivity contribution in [2.75, 3.05) is 33.3 Å². The molecule has 0 saturated carbocycles. The number of hydrogen-bond donors (Lipinski definition) is 0. The average Bonchev–Trinajstić information content (AvgIpc) is 3.15. The number of likely N-dealkylation sites (tertiary alicyclic amines) is 2. The molecule has 0 aliphatic carbocycles. The number of amides is 1. The maximum Gasteiger partial charge on any atom is 0.275 e. The van der Waals surface area contributed by atoms with E-state index in [9.17, 15) is 4.79 Å². The number of oxazole rings is 1. The van der Waals surface area contributed by atoms with Crippen LogP contribution in [0.2, 0.25) is 0 Å². The third-order valence-corrected chi connectivity index (χ3v) is 5.50. The maximum absolute atomic E-state index is 12.6. The van der Waals surface area contributed by atoms with Crippen molar-refractivity contribution in [2.45, 2.75) is 38.8 Å². The highest BCUT2D eigenvalue weighted by molar-refractivity contribution is 5.92. The van der Waals surface area contributed by atoms with Crippen LogP contribution in [0.1, 0.15) is 41.2 Å². The van der Waals surface area contributed by atoms with E-state index in [-0.39, 0.29) is 12.5 Å². The Labute approximate surface area is 165 Å². The Morgan fingerprint density at radius 2 is 2.00 bits per heavy atom. The number of hydrogen-bond acceptors (Lipinski definition) is 6. The summed E-state index contributed by atoms with van der Waals surface area (Å²) in [7, 11) is 1.60. The number of aryl methyl sites for hydroxylation is 1. The number of methoxy groups -OCH3 is 1. The van der Waals surface area contributed by atoms with Crippen molar-refractivity contribution < 1.29 is 18.7 Å². The van der Waals surface area contributed by atoms with Crippen LogP contribution in [0.5, 0.6) is 11.5 Å². The molecule has 0 atom stereocenters. The van der Waals surface area contributed by atoms with E-state index >= 15 is 0 Å². The van der Waals surface area contributed by atoms with E-state index in [1.54, 1.807) is 7.11 Å². The summed E-state index contributed by atoms with van der Waals surface area (Å²) in [4.78, 5) is 21.2. The number of aromatic nitrogens is 1. The van der Waals surface area contributed by atoms with Gasteiger partial charge in [0.15, 0.2) is 23.8 Å². The lowest BCUT2D eigenvalue weighted by molar-refractivity contribution is 0.0199. The van der Waals surface area contributed by atoms with Crippen LogP contribution in [0.3, 0.4) is 0 Å². The molecule has 150 valence electrons. The molecular weight excluding hydrogens is 358 g/mol. The zero-order valence-electron chi connectivity index (χ0n) is 16.5. The Bertz CT molecular complexity index is 823. The van der Waals surface area contributed by atoms with Crippen LogP contribution < -0.4 is 9.47 Å². The normalized spacial score (nSPS) is 18.0. The van der Waals surface area contributed by atoms with Crippen LogP contribution in [0, 0.1) is 6.92 Å². The fourth-order valence-electron chi connectivity index (χ4n) is 3.81. The van der Waals surface area contributed by atoms with Gasteiger partial charge in [-0.3, -0.25) is 9.69 Å². The van der Waals surface area contributed by atoms with Crippen LogP contribution in [0.25, 0.3) is 0 Å². The smallest absolute Gasteiger partial charge is 0.275 e. The molecule has 3 heterocycles. The Morgan fingerprint density at radius 1 is 1.21 bits per heavy atom. The van der Waals surface area contributed by atoms with Crippen molar-refractivity contribution in [1.29, 1.82) is 0 Å². The second-order valence-electron chi connectivity index (χ2n) is 7.53. The van der Waals surface area contributed by atoms with Crippen molar-refractivity contribution in [2.24, 2.45) is 0 Å². The first kappa shape index (κ1) is 18.8. The number of benzene rings is 1. The fourth-order valence-corrected chi connectivity index (χ4v) is 3.81. The molecule has 2 aliphatic rings. The van der Waals surface area contributed by atoms with Crippen molar-refractivity contribution >= 4 is 5.91 Å². The zero-order valence-corrected chi connectivity index (χ0v) is 16.5. The summed E-state index contributed by atoms with van der Waals surface area (Å²) in [5, 5.41) is 0. The molecule has 2 fully saturated rings. The summed E-state index contributed by atoms with van der Waals surface area (Å²) in [5.74, 6) is 1.58. The number of nitrogens with zero attached hydrogens (tertiary/aromatic N) is 3. The molecule has 2 aromatic rings. The molecule has 2 aliphatic heterocycles. The van der Waals surface area contributed by atoms with Crippen molar-refractivity contribution in [3.8, 4) is 11.5 Å². The first-order valence-corrected chi connectivity index (χ1v) is 9.89. The Balaban J connectivity index is 1.30. The van der Waals surface area contributed by atoms with Gasteiger partial charge in [0.2, 0.25) is 5.89 Å². The molecule has 0 N–H and O–H groups in total. The average molecular weight is 385 g/mol. The first-order valence-electron chi connectivity index (χ1n) is 9.89. The van der Waals surface area contributed by atoms with Gasteiger partial charge in [0.25, 0.3) is 5.91 Å². The monoisotopic (exact) mass is 385 g/mol. The molecule has 0 unspecified atom stereocenters. The lowest BCUT2D eigenvalue weighted by Crippen LogP contribution is -2.61. The summed E-state index contributed by atoms with van der Waals surface area (Å²) in [6, 6.07) is 6.20. The lowest BCUT2D eigenvalue weighted by Gasteiger charge is -2.46. The van der Waals surface area contributed by atoms with E-state index < -0.39 is 0 Å². The molecule has 4 rings (SSSR count). The van der Waals surface area contributed by atoms with Crippen molar-refractivity contribution in [1.82, 2.24) is 14.8 Å². The van der Waals surface area contributed by atoms with Gasteiger partial charge in [-0.05, 0) is 50.6 Å². The summed E-state index contributed by atoms with van der Waals surface area (Å²) in [6.45, 7) is 5.99. The van der Waals surface area contributed by atoms with Gasteiger partial charge in [0.05, 0.1) is 7.11 Å². The second-order valence-corrected chi connectivity index (χ2v) is 7.53. The summed E-state index contributed by atoms with van der Waals surface area (Å²) < 4.78 is 16.5. The van der Waals surface area contributed by atoms with Gasteiger partial charge in [0.1, 0.15) is 6.26 Å². The molecule has 7 heteroatoms. The zero-order chi connectivity index (χ0) is 19.5. The summed E-state index contributed by atoms with van der Waals surface area (Å²) >= 11 is 0. The van der Waals surface area contributed by atoms with Gasteiger partial charge in [-0.2, -0.15) is 0 Å². The topological polar surface area (TPSA) is 68.0 Å². The SMILES string of the molecule is COc1cc(C)ccc1OCc1nc(C(=O)N2CC(N3CCCCC3)C2)co1. The number of rotatable bonds is 6. The van der Waals surface area contributed by atoms with E-state index in [2.05, 4.69) is 9.88 Å². The quantitative estimate of drug-likeness (QED) is 0.762. The molecule has 1 amide bonds. The molecule has 0 bridgehead atoms. The minimum atomic E-state index is -0.0730. The van der Waals surface area contributed by atoms with Crippen molar-refractivity contribution in [3.63, 3.8) is 0 Å². The molecule has 0 spiro atoms. The fraction of sp³-hybridized carbons (Fsp3) is 0.524. The number of carbonyl (C=O) groups is 1. The third-order valence-electron chi connectivity index (χ3n) is 5.50. The number of carbonyl (C=O) groups excluding carboxylic acids is 1. The number of piperidine rings is 1. The van der Waals surface area contributed by atoms with Gasteiger partial charge in [-0.1, -0.05) is 12.5 Å². The summed E-state index contributed by atoms with van der Waals surface area (Å²) in [6.07, 6.45) is 5.28. The van der Waals surface area contributed by atoms with Gasteiger partial charge >= 0.3 is 0 Å². The van der Waals surface area contributed by atoms with E-state index in [1.165, 1.54) is 25.5 Å². The summed E-state index contributed by atoms with van der Waals surface area (Å²) in [5.41, 5.74) is 1.43. The minimum Gasteiger partial charge on any atom is -0.493 e. The Hall–Kier alpha value is -2.54. The highest BCUT2D eigenvalue weighted by atomic mass is 16.5. The molecular formula is C21H27N3O4. The van der Waals surface area contributed by atoms with E-state index in [0.29, 0.717) is 29.1 Å². The van der Waals surface area contributed by atoms with E-state index in [1.807, 2.05) is 30.0 Å². The molecule has 1 aromatic heterocycles. The predicted molar refractivity (Wildman–Crippen MR) is 104 cm³/mol. The van der Waals surface area contributed by atoms with E-state index in [4.69, 9.17) is 13.9 Å². The third kappa shape index (κ3) is 3.99. The van der Waals surface area contributed by atoms with Crippen LogP contribution in [-0.4, -0.2) is 60.0 Å². The molecule has 2 saturated heterocycles. The van der Waals surface area contributed by atoms with Gasteiger partial charge in [-0.25, -0.2) is 4.98 Å². The van der Waals surface area contributed by atoms with Crippen LogP contribution in [-0.2, 0) is 6.61 Å². The van der Waals surface area contributed by atoms with Crippen LogP contribution in [0.4, 0.5) is 0 Å². The Morgan fingerprint density at radius 3 is 2.75 bits per heavy atom. The highest BCUT2D eigenvalue weighted by Gasteiger charge is 2.36. The van der Waals surface area contributed by atoms with E-state index in [0.717, 1.165) is 31.7 Å². The van der Waals surface area contributed by atoms with Gasteiger partial charge < -0.3 is 18.8 Å². The molecule has 7 nitrogen and oxygen atoms in total. The van der Waals surface area contributed by atoms with Crippen LogP contribution >= 0.6 is 0 Å². The molecule has 0 radical (unpaired) electrons. The predicted octanol–water partition coefficient (Wildman–Crippen LogP) is 2.88. The molecule has 28 heavy (non-hydrogen) atoms. The lowest BCUT2D eigenvalue weighted by atomic mass is 10.0. The van der Waals surface area contributed by atoms with Gasteiger partial charge in [-0.15, -0.1) is 0 Å². The van der Waals surface area contributed by atoms with Crippen molar-refractivity contribution in [3.05, 3.63) is 41.6 Å². The van der Waals surface area contributed by atoms with Crippen LogP contribution in [0.15, 0.2) is 28.9 Å². The Kier molecular flexibility index (Phi) is 5.52. The van der Waals surface area contributed by atoms with Gasteiger partial charge in [0, 0.05) is 19.1 Å².